The van der Waals surface area contributed by atoms with E-state index >= 15 is 0 Å². The first-order valence-corrected chi connectivity index (χ1v) is 6.81. The van der Waals surface area contributed by atoms with Gasteiger partial charge in [0.2, 0.25) is 5.91 Å². The monoisotopic (exact) mass is 274 g/mol. The fraction of sp³-hybridized carbons (Fsp3) is 0.231. The second-order valence-corrected chi connectivity index (χ2v) is 5.84. The number of anilines is 3. The standard InChI is InChI=1S/C13H14N4OS/c1-7-15-5-9(19-7)6-16-12-4-11-8(2-10(12)14)3-13(18)17-11/h2,4-5,16H,3,6,14H2,1H3,(H,17,18). The van der Waals surface area contributed by atoms with Crippen LogP contribution in [0.2, 0.25) is 0 Å². The van der Waals surface area contributed by atoms with Gasteiger partial charge >= 0.3 is 0 Å². The molecule has 1 amide bonds. The lowest BCUT2D eigenvalue weighted by Gasteiger charge is -2.10. The maximum absolute atomic E-state index is 11.3. The van der Waals surface area contributed by atoms with E-state index < -0.39 is 0 Å². The van der Waals surface area contributed by atoms with E-state index in [0.29, 0.717) is 18.7 Å². The summed E-state index contributed by atoms with van der Waals surface area (Å²) in [7, 11) is 0. The van der Waals surface area contributed by atoms with Gasteiger partial charge in [0, 0.05) is 16.8 Å². The molecule has 1 aliphatic rings. The van der Waals surface area contributed by atoms with Crippen LogP contribution in [0.4, 0.5) is 17.1 Å². The van der Waals surface area contributed by atoms with E-state index in [2.05, 4.69) is 15.6 Å². The number of nitrogens with two attached hydrogens (primary N) is 1. The lowest BCUT2D eigenvalue weighted by Crippen LogP contribution is -2.04. The Kier molecular flexibility index (Phi) is 2.87. The van der Waals surface area contributed by atoms with E-state index in [1.54, 1.807) is 11.3 Å². The molecule has 3 rings (SSSR count). The van der Waals surface area contributed by atoms with Gasteiger partial charge < -0.3 is 16.4 Å². The summed E-state index contributed by atoms with van der Waals surface area (Å²) in [6.45, 7) is 2.66. The Bertz CT molecular complexity index is 650. The Morgan fingerprint density at radius 3 is 3.11 bits per heavy atom. The highest BCUT2D eigenvalue weighted by Crippen LogP contribution is 2.31. The van der Waals surface area contributed by atoms with Crippen LogP contribution in [0.25, 0.3) is 0 Å². The molecule has 0 saturated heterocycles. The first kappa shape index (κ1) is 12.0. The first-order chi connectivity index (χ1) is 9.11. The summed E-state index contributed by atoms with van der Waals surface area (Å²) in [4.78, 5) is 16.7. The summed E-state index contributed by atoms with van der Waals surface area (Å²) in [6, 6.07) is 3.75. The number of fused-ring (bicyclic) bond motifs is 1. The van der Waals surface area contributed by atoms with Gasteiger partial charge in [0.1, 0.15) is 0 Å². The van der Waals surface area contributed by atoms with Crippen LogP contribution in [0, 0.1) is 6.92 Å². The molecule has 0 bridgehead atoms. The molecule has 0 spiro atoms. The predicted octanol–water partition coefficient (Wildman–Crippen LogP) is 2.14. The second kappa shape index (κ2) is 4.55. The molecule has 4 N–H and O–H groups in total. The molecule has 0 atom stereocenters. The van der Waals surface area contributed by atoms with Gasteiger partial charge in [-0.05, 0) is 24.6 Å². The molecule has 2 heterocycles. The van der Waals surface area contributed by atoms with Gasteiger partial charge in [0.15, 0.2) is 0 Å². The largest absolute Gasteiger partial charge is 0.397 e. The number of aromatic nitrogens is 1. The van der Waals surface area contributed by atoms with Crippen LogP contribution in [0.15, 0.2) is 18.3 Å². The van der Waals surface area contributed by atoms with Crippen molar-refractivity contribution in [2.24, 2.45) is 0 Å². The molecular weight excluding hydrogens is 260 g/mol. The number of thiazole rings is 1. The molecular formula is C13H14N4OS. The molecule has 0 fully saturated rings. The second-order valence-electron chi connectivity index (χ2n) is 4.52. The number of amides is 1. The molecule has 19 heavy (non-hydrogen) atoms. The van der Waals surface area contributed by atoms with Crippen molar-refractivity contribution < 1.29 is 4.79 Å². The Balaban J connectivity index is 1.78. The van der Waals surface area contributed by atoms with Crippen LogP contribution >= 0.6 is 11.3 Å². The number of hydrogen-bond donors (Lipinski definition) is 3. The van der Waals surface area contributed by atoms with Crippen molar-refractivity contribution in [3.05, 3.63) is 33.8 Å². The molecule has 98 valence electrons. The molecule has 6 heteroatoms. The molecule has 0 saturated carbocycles. The normalized spacial score (nSPS) is 13.2. The lowest BCUT2D eigenvalue weighted by molar-refractivity contribution is -0.115. The van der Waals surface area contributed by atoms with E-state index in [1.165, 1.54) is 0 Å². The Labute approximate surface area is 114 Å². The van der Waals surface area contributed by atoms with Crippen molar-refractivity contribution >= 4 is 34.3 Å². The molecule has 1 aliphatic heterocycles. The van der Waals surface area contributed by atoms with Gasteiger partial charge in [-0.25, -0.2) is 4.98 Å². The van der Waals surface area contributed by atoms with Crippen LogP contribution in [0.1, 0.15) is 15.4 Å². The molecule has 0 unspecified atom stereocenters. The molecule has 1 aromatic carbocycles. The quantitative estimate of drug-likeness (QED) is 0.749. The number of nitrogen functional groups attached to an aromatic ring is 1. The maximum Gasteiger partial charge on any atom is 0.228 e. The van der Waals surface area contributed by atoms with Crippen molar-refractivity contribution in [1.29, 1.82) is 0 Å². The number of hydrogen-bond acceptors (Lipinski definition) is 5. The van der Waals surface area contributed by atoms with Gasteiger partial charge in [0.25, 0.3) is 0 Å². The third kappa shape index (κ3) is 2.39. The van der Waals surface area contributed by atoms with E-state index in [4.69, 9.17) is 5.73 Å². The van der Waals surface area contributed by atoms with Crippen LogP contribution in [-0.4, -0.2) is 10.9 Å². The van der Waals surface area contributed by atoms with Crippen LogP contribution in [0.5, 0.6) is 0 Å². The minimum absolute atomic E-state index is 0.0182. The van der Waals surface area contributed by atoms with E-state index in [1.807, 2.05) is 25.3 Å². The Morgan fingerprint density at radius 2 is 2.37 bits per heavy atom. The van der Waals surface area contributed by atoms with Crippen LogP contribution in [-0.2, 0) is 17.8 Å². The van der Waals surface area contributed by atoms with Gasteiger partial charge in [-0.15, -0.1) is 11.3 Å². The zero-order valence-electron chi connectivity index (χ0n) is 10.5. The molecule has 1 aromatic heterocycles. The number of benzene rings is 1. The number of rotatable bonds is 3. The molecule has 0 aliphatic carbocycles. The average Bonchev–Trinajstić information content (AvgIpc) is 2.91. The van der Waals surface area contributed by atoms with Gasteiger partial charge in [-0.2, -0.15) is 0 Å². The SMILES string of the molecule is Cc1ncc(CNc2cc3c(cc2N)CC(=O)N3)s1. The number of aryl methyl sites for hydroxylation is 1. The van der Waals surface area contributed by atoms with E-state index in [-0.39, 0.29) is 5.91 Å². The third-order valence-electron chi connectivity index (χ3n) is 3.02. The Morgan fingerprint density at radius 1 is 1.53 bits per heavy atom. The van der Waals surface area contributed by atoms with Crippen LogP contribution < -0.4 is 16.4 Å². The van der Waals surface area contributed by atoms with Crippen molar-refractivity contribution in [2.45, 2.75) is 19.9 Å². The summed E-state index contributed by atoms with van der Waals surface area (Å²) in [6.07, 6.45) is 2.27. The van der Waals surface area contributed by atoms with Crippen molar-refractivity contribution in [2.75, 3.05) is 16.4 Å². The topological polar surface area (TPSA) is 80.0 Å². The number of carbonyl (C=O) groups is 1. The minimum atomic E-state index is 0.0182. The van der Waals surface area contributed by atoms with Crippen molar-refractivity contribution in [3.8, 4) is 0 Å². The summed E-state index contributed by atoms with van der Waals surface area (Å²) in [5.74, 6) is 0.0182. The molecule has 5 nitrogen and oxygen atoms in total. The predicted molar refractivity (Wildman–Crippen MR) is 77.4 cm³/mol. The van der Waals surface area contributed by atoms with Gasteiger partial charge in [-0.1, -0.05) is 0 Å². The number of nitrogens with one attached hydrogen (secondary N) is 2. The molecule has 0 radical (unpaired) electrons. The third-order valence-corrected chi connectivity index (χ3v) is 3.94. The minimum Gasteiger partial charge on any atom is -0.397 e. The summed E-state index contributed by atoms with van der Waals surface area (Å²) >= 11 is 1.65. The highest BCUT2D eigenvalue weighted by atomic mass is 32.1. The van der Waals surface area contributed by atoms with E-state index in [0.717, 1.165) is 26.8 Å². The highest BCUT2D eigenvalue weighted by molar-refractivity contribution is 7.11. The number of carbonyl (C=O) groups excluding carboxylic acids is 1. The zero-order valence-corrected chi connectivity index (χ0v) is 11.3. The smallest absolute Gasteiger partial charge is 0.228 e. The lowest BCUT2D eigenvalue weighted by atomic mass is 10.1. The summed E-state index contributed by atoms with van der Waals surface area (Å²) < 4.78 is 0. The Hall–Kier alpha value is -2.08. The van der Waals surface area contributed by atoms with E-state index in [9.17, 15) is 4.79 Å². The summed E-state index contributed by atoms with van der Waals surface area (Å²) in [5.41, 5.74) is 9.31. The fourth-order valence-corrected chi connectivity index (χ4v) is 2.85. The van der Waals surface area contributed by atoms with Gasteiger partial charge in [-0.3, -0.25) is 4.79 Å². The summed E-state index contributed by atoms with van der Waals surface area (Å²) in [5, 5.41) is 7.15. The highest BCUT2D eigenvalue weighted by Gasteiger charge is 2.19. The number of nitrogens with zero attached hydrogens (tertiary/aromatic N) is 1. The maximum atomic E-state index is 11.3. The van der Waals surface area contributed by atoms with Crippen LogP contribution in [0.3, 0.4) is 0 Å². The first-order valence-electron chi connectivity index (χ1n) is 5.99. The molecule has 2 aromatic rings. The zero-order chi connectivity index (χ0) is 13.4. The van der Waals surface area contributed by atoms with Gasteiger partial charge in [0.05, 0.1) is 29.3 Å². The van der Waals surface area contributed by atoms with Crippen molar-refractivity contribution in [1.82, 2.24) is 4.98 Å². The average molecular weight is 274 g/mol. The fourth-order valence-electron chi connectivity index (χ4n) is 2.12. The van der Waals surface area contributed by atoms with Crippen molar-refractivity contribution in [3.63, 3.8) is 0 Å².